The van der Waals surface area contributed by atoms with E-state index in [1.807, 2.05) is 6.92 Å². The predicted octanol–water partition coefficient (Wildman–Crippen LogP) is 1.09. The SMILES string of the molecule is CCNCCCN(C)S(=O)(=O)NCc1ccccc1F. The van der Waals surface area contributed by atoms with E-state index in [2.05, 4.69) is 10.0 Å². The lowest BCUT2D eigenvalue weighted by Gasteiger charge is -2.17. The first-order chi connectivity index (χ1) is 9.47. The Balaban J connectivity index is 2.46. The van der Waals surface area contributed by atoms with E-state index in [0.717, 1.165) is 19.5 Å². The standard InChI is InChI=1S/C13H22FN3O2S/c1-3-15-9-6-10-17(2)20(18,19)16-11-12-7-4-5-8-13(12)14/h4-5,7-8,15-16H,3,6,9-11H2,1-2H3. The average molecular weight is 303 g/mol. The lowest BCUT2D eigenvalue weighted by molar-refractivity contribution is 0.445. The van der Waals surface area contributed by atoms with Crippen LogP contribution in [0.4, 0.5) is 4.39 Å². The molecule has 0 unspecified atom stereocenters. The van der Waals surface area contributed by atoms with Crippen LogP contribution >= 0.6 is 0 Å². The molecule has 0 spiro atoms. The van der Waals surface area contributed by atoms with E-state index in [9.17, 15) is 12.8 Å². The molecule has 0 aromatic heterocycles. The second-order valence-electron chi connectivity index (χ2n) is 4.45. The van der Waals surface area contributed by atoms with Gasteiger partial charge in [0.05, 0.1) is 0 Å². The molecule has 1 rings (SSSR count). The van der Waals surface area contributed by atoms with E-state index in [1.54, 1.807) is 18.2 Å². The molecule has 0 saturated heterocycles. The first kappa shape index (κ1) is 17.0. The van der Waals surface area contributed by atoms with Crippen LogP contribution in [0, 0.1) is 5.82 Å². The van der Waals surface area contributed by atoms with E-state index in [1.165, 1.54) is 17.4 Å². The predicted molar refractivity (Wildman–Crippen MR) is 78.0 cm³/mol. The molecule has 2 N–H and O–H groups in total. The first-order valence-electron chi connectivity index (χ1n) is 6.62. The van der Waals surface area contributed by atoms with E-state index in [0.29, 0.717) is 12.1 Å². The molecule has 0 amide bonds. The lowest BCUT2D eigenvalue weighted by Crippen LogP contribution is -2.39. The largest absolute Gasteiger partial charge is 0.317 e. The summed E-state index contributed by atoms with van der Waals surface area (Å²) in [5, 5.41) is 3.13. The van der Waals surface area contributed by atoms with Crippen LogP contribution in [0.1, 0.15) is 18.9 Å². The maximum absolute atomic E-state index is 13.4. The topological polar surface area (TPSA) is 61.4 Å². The molecule has 0 atom stereocenters. The zero-order chi connectivity index (χ0) is 15.0. The number of halogens is 1. The monoisotopic (exact) mass is 303 g/mol. The summed E-state index contributed by atoms with van der Waals surface area (Å²) in [5.41, 5.74) is 0.331. The summed E-state index contributed by atoms with van der Waals surface area (Å²) in [4.78, 5) is 0. The fraction of sp³-hybridized carbons (Fsp3) is 0.538. The summed E-state index contributed by atoms with van der Waals surface area (Å²) in [6.45, 7) is 3.99. The number of hydrogen-bond acceptors (Lipinski definition) is 3. The van der Waals surface area contributed by atoms with Gasteiger partial charge in [0.1, 0.15) is 5.82 Å². The van der Waals surface area contributed by atoms with Crippen LogP contribution in [0.5, 0.6) is 0 Å². The summed E-state index contributed by atoms with van der Waals surface area (Å²) in [5.74, 6) is -0.412. The van der Waals surface area contributed by atoms with Crippen LogP contribution in [0.15, 0.2) is 24.3 Å². The molecule has 114 valence electrons. The number of nitrogens with one attached hydrogen (secondary N) is 2. The summed E-state index contributed by atoms with van der Waals surface area (Å²) in [6, 6.07) is 6.11. The highest BCUT2D eigenvalue weighted by Crippen LogP contribution is 2.07. The minimum atomic E-state index is -3.57. The van der Waals surface area contributed by atoms with Crippen LogP contribution < -0.4 is 10.0 Å². The Bertz CT molecular complexity index is 508. The third-order valence-electron chi connectivity index (χ3n) is 2.89. The Morgan fingerprint density at radius 2 is 2.00 bits per heavy atom. The van der Waals surface area contributed by atoms with Crippen LogP contribution in [-0.4, -0.2) is 39.4 Å². The highest BCUT2D eigenvalue weighted by Gasteiger charge is 2.17. The Morgan fingerprint density at radius 3 is 2.65 bits per heavy atom. The van der Waals surface area contributed by atoms with Crippen molar-refractivity contribution in [1.29, 1.82) is 0 Å². The van der Waals surface area contributed by atoms with Crippen molar-refractivity contribution in [1.82, 2.24) is 14.3 Å². The first-order valence-corrected chi connectivity index (χ1v) is 8.06. The zero-order valence-corrected chi connectivity index (χ0v) is 12.7. The molecule has 0 fully saturated rings. The molecular formula is C13H22FN3O2S. The fourth-order valence-corrected chi connectivity index (χ4v) is 2.57. The Kier molecular flexibility index (Phi) is 7.08. The van der Waals surface area contributed by atoms with Gasteiger partial charge in [0.25, 0.3) is 10.2 Å². The van der Waals surface area contributed by atoms with Gasteiger partial charge in [-0.1, -0.05) is 25.1 Å². The molecule has 0 aliphatic carbocycles. The second kappa shape index (κ2) is 8.31. The number of rotatable bonds is 9. The minimum absolute atomic E-state index is 0.0491. The molecule has 0 saturated carbocycles. The molecule has 20 heavy (non-hydrogen) atoms. The van der Waals surface area contributed by atoms with Crippen molar-refractivity contribution >= 4 is 10.2 Å². The molecule has 0 heterocycles. The van der Waals surface area contributed by atoms with Gasteiger partial charge in [0, 0.05) is 25.7 Å². The molecule has 0 radical (unpaired) electrons. The third kappa shape index (κ3) is 5.54. The Hall–Kier alpha value is -1.02. The van der Waals surface area contributed by atoms with E-state index in [-0.39, 0.29) is 6.54 Å². The van der Waals surface area contributed by atoms with Gasteiger partial charge in [-0.15, -0.1) is 0 Å². The molecule has 1 aromatic carbocycles. The lowest BCUT2D eigenvalue weighted by atomic mass is 10.2. The van der Waals surface area contributed by atoms with Crippen molar-refractivity contribution < 1.29 is 12.8 Å². The second-order valence-corrected chi connectivity index (χ2v) is 6.31. The molecule has 1 aromatic rings. The van der Waals surface area contributed by atoms with Gasteiger partial charge in [-0.3, -0.25) is 0 Å². The summed E-state index contributed by atoms with van der Waals surface area (Å²) >= 11 is 0. The summed E-state index contributed by atoms with van der Waals surface area (Å²) in [6.07, 6.45) is 0.727. The molecular weight excluding hydrogens is 281 g/mol. The van der Waals surface area contributed by atoms with Crippen molar-refractivity contribution in [2.45, 2.75) is 19.9 Å². The van der Waals surface area contributed by atoms with Crippen LogP contribution in [0.3, 0.4) is 0 Å². The van der Waals surface area contributed by atoms with E-state index >= 15 is 0 Å². The number of hydrogen-bond donors (Lipinski definition) is 2. The normalized spacial score (nSPS) is 12.0. The molecule has 0 aliphatic heterocycles. The Morgan fingerprint density at radius 1 is 1.30 bits per heavy atom. The fourth-order valence-electron chi connectivity index (χ4n) is 1.64. The van der Waals surface area contributed by atoms with Crippen LogP contribution in [0.2, 0.25) is 0 Å². The molecule has 0 aliphatic rings. The Labute approximate surface area is 120 Å². The van der Waals surface area contributed by atoms with E-state index in [4.69, 9.17) is 0 Å². The quantitative estimate of drug-likeness (QED) is 0.671. The van der Waals surface area contributed by atoms with Gasteiger partial charge in [-0.2, -0.15) is 17.4 Å². The van der Waals surface area contributed by atoms with Crippen molar-refractivity contribution in [3.05, 3.63) is 35.6 Å². The van der Waals surface area contributed by atoms with Crippen molar-refractivity contribution in [2.75, 3.05) is 26.7 Å². The smallest absolute Gasteiger partial charge is 0.279 e. The minimum Gasteiger partial charge on any atom is -0.317 e. The zero-order valence-electron chi connectivity index (χ0n) is 11.9. The maximum Gasteiger partial charge on any atom is 0.279 e. The molecule has 0 bridgehead atoms. The number of benzene rings is 1. The third-order valence-corrected chi connectivity index (χ3v) is 4.40. The van der Waals surface area contributed by atoms with Crippen molar-refractivity contribution in [3.8, 4) is 0 Å². The van der Waals surface area contributed by atoms with Gasteiger partial charge >= 0.3 is 0 Å². The van der Waals surface area contributed by atoms with Crippen LogP contribution in [-0.2, 0) is 16.8 Å². The summed E-state index contributed by atoms with van der Waals surface area (Å²) < 4.78 is 40.9. The van der Waals surface area contributed by atoms with Crippen molar-refractivity contribution in [2.24, 2.45) is 0 Å². The van der Waals surface area contributed by atoms with Crippen LogP contribution in [0.25, 0.3) is 0 Å². The highest BCUT2D eigenvalue weighted by atomic mass is 32.2. The van der Waals surface area contributed by atoms with E-state index < -0.39 is 16.0 Å². The van der Waals surface area contributed by atoms with Gasteiger partial charge in [-0.05, 0) is 25.6 Å². The van der Waals surface area contributed by atoms with Crippen molar-refractivity contribution in [3.63, 3.8) is 0 Å². The summed E-state index contributed by atoms with van der Waals surface area (Å²) in [7, 11) is -2.06. The van der Waals surface area contributed by atoms with Gasteiger partial charge in [0.2, 0.25) is 0 Å². The highest BCUT2D eigenvalue weighted by molar-refractivity contribution is 7.87. The van der Waals surface area contributed by atoms with Gasteiger partial charge in [0.15, 0.2) is 0 Å². The average Bonchev–Trinajstić information content (AvgIpc) is 2.42. The molecule has 7 heteroatoms. The van der Waals surface area contributed by atoms with Gasteiger partial charge in [-0.25, -0.2) is 4.39 Å². The molecule has 5 nitrogen and oxygen atoms in total. The number of nitrogens with zero attached hydrogens (tertiary/aromatic N) is 1. The van der Waals surface area contributed by atoms with Gasteiger partial charge < -0.3 is 5.32 Å². The maximum atomic E-state index is 13.4.